The summed E-state index contributed by atoms with van der Waals surface area (Å²) in [6.45, 7) is 0.265. The van der Waals surface area contributed by atoms with Crippen molar-refractivity contribution >= 4 is 17.6 Å². The van der Waals surface area contributed by atoms with Gasteiger partial charge in [-0.3, -0.25) is 9.59 Å². The van der Waals surface area contributed by atoms with Crippen molar-refractivity contribution in [1.82, 2.24) is 5.32 Å². The maximum atomic E-state index is 12.0. The van der Waals surface area contributed by atoms with Crippen molar-refractivity contribution in [2.75, 3.05) is 32.7 Å². The van der Waals surface area contributed by atoms with Crippen molar-refractivity contribution < 1.29 is 29.3 Å². The highest BCUT2D eigenvalue weighted by Gasteiger charge is 2.21. The number of aliphatic hydroxyl groups excluding tert-OH is 1. The van der Waals surface area contributed by atoms with Gasteiger partial charge in [0.1, 0.15) is 17.5 Å². The highest BCUT2D eigenvalue weighted by Crippen LogP contribution is 2.29. The molecule has 1 rings (SSSR count). The van der Waals surface area contributed by atoms with Crippen LogP contribution in [0.5, 0.6) is 11.5 Å². The van der Waals surface area contributed by atoms with Crippen LogP contribution in [0.2, 0.25) is 0 Å². The number of carbonyl (C=O) groups excluding carboxylic acids is 1. The number of aliphatic carboxylic acids is 1. The molecule has 0 fully saturated rings. The number of carboxylic acid groups (broad SMARTS) is 1. The highest BCUT2D eigenvalue weighted by atomic mass is 16.5. The summed E-state index contributed by atoms with van der Waals surface area (Å²) in [7, 11) is 2.98. The summed E-state index contributed by atoms with van der Waals surface area (Å²) < 4.78 is 10.2. The number of aliphatic hydroxyl groups is 1. The van der Waals surface area contributed by atoms with Crippen LogP contribution in [0.4, 0.5) is 5.69 Å². The zero-order chi connectivity index (χ0) is 17.2. The smallest absolute Gasteiger partial charge is 0.321 e. The predicted octanol–water partition coefficient (Wildman–Crippen LogP) is 0.458. The monoisotopic (exact) mass is 326 g/mol. The molecule has 0 aliphatic rings. The number of hydrogen-bond acceptors (Lipinski definition) is 6. The van der Waals surface area contributed by atoms with Crippen molar-refractivity contribution in [2.45, 2.75) is 18.9 Å². The molecule has 0 unspecified atom stereocenters. The second-order valence-corrected chi connectivity index (χ2v) is 4.74. The van der Waals surface area contributed by atoms with Crippen molar-refractivity contribution in [3.05, 3.63) is 18.2 Å². The minimum absolute atomic E-state index is 0.0470. The predicted molar refractivity (Wildman–Crippen MR) is 83.9 cm³/mol. The van der Waals surface area contributed by atoms with E-state index in [0.29, 0.717) is 30.2 Å². The van der Waals surface area contributed by atoms with Gasteiger partial charge >= 0.3 is 5.97 Å². The van der Waals surface area contributed by atoms with E-state index in [4.69, 9.17) is 19.7 Å². The fraction of sp³-hybridized carbons (Fsp3) is 0.467. The minimum atomic E-state index is -1.13. The van der Waals surface area contributed by atoms with Gasteiger partial charge < -0.3 is 30.3 Å². The van der Waals surface area contributed by atoms with Gasteiger partial charge in [-0.25, -0.2) is 0 Å². The van der Waals surface area contributed by atoms with Gasteiger partial charge in [0.15, 0.2) is 0 Å². The Kier molecular flexibility index (Phi) is 7.86. The fourth-order valence-electron chi connectivity index (χ4n) is 1.89. The van der Waals surface area contributed by atoms with Crippen LogP contribution >= 0.6 is 0 Å². The standard InChI is InChI=1S/C15H22N2O6/c1-22-10-4-5-11(13(8-10)23-2)17-14(19)9-12(15(20)21)16-6-3-7-18/h4-5,8,12,16,18H,3,6-7,9H2,1-2H3,(H,17,19)(H,20,21)/t12-/m0/s1. The summed E-state index contributed by atoms with van der Waals surface area (Å²) in [6, 6.07) is 3.87. The zero-order valence-electron chi connectivity index (χ0n) is 13.2. The van der Waals surface area contributed by atoms with Crippen LogP contribution in [0.25, 0.3) is 0 Å². The molecule has 0 aliphatic heterocycles. The SMILES string of the molecule is COc1ccc(NC(=O)C[C@H](NCCCO)C(=O)O)c(OC)c1. The maximum absolute atomic E-state index is 12.0. The highest BCUT2D eigenvalue weighted by molar-refractivity contribution is 5.95. The van der Waals surface area contributed by atoms with E-state index in [-0.39, 0.29) is 13.0 Å². The lowest BCUT2D eigenvalue weighted by Gasteiger charge is -2.15. The van der Waals surface area contributed by atoms with Crippen LogP contribution in [-0.2, 0) is 9.59 Å². The Morgan fingerprint density at radius 3 is 2.57 bits per heavy atom. The van der Waals surface area contributed by atoms with Gasteiger partial charge in [0.2, 0.25) is 5.91 Å². The van der Waals surface area contributed by atoms with Crippen LogP contribution in [0.3, 0.4) is 0 Å². The van der Waals surface area contributed by atoms with Crippen LogP contribution < -0.4 is 20.1 Å². The van der Waals surface area contributed by atoms with Crippen LogP contribution in [0, 0.1) is 0 Å². The first kappa shape index (κ1) is 18.7. The average molecular weight is 326 g/mol. The molecular weight excluding hydrogens is 304 g/mol. The second-order valence-electron chi connectivity index (χ2n) is 4.74. The molecular formula is C15H22N2O6. The number of hydrogen-bond donors (Lipinski definition) is 4. The largest absolute Gasteiger partial charge is 0.497 e. The molecule has 128 valence electrons. The third-order valence-electron chi connectivity index (χ3n) is 3.10. The molecule has 1 aromatic carbocycles. The molecule has 4 N–H and O–H groups in total. The van der Waals surface area contributed by atoms with Gasteiger partial charge in [0, 0.05) is 12.7 Å². The molecule has 8 heteroatoms. The number of methoxy groups -OCH3 is 2. The van der Waals surface area contributed by atoms with E-state index in [0.717, 1.165) is 0 Å². The lowest BCUT2D eigenvalue weighted by Crippen LogP contribution is -2.40. The molecule has 0 bridgehead atoms. The summed E-state index contributed by atoms with van der Waals surface area (Å²) in [5, 5.41) is 23.1. The Labute approximate surface area is 134 Å². The quantitative estimate of drug-likeness (QED) is 0.461. The first-order valence-corrected chi connectivity index (χ1v) is 7.10. The summed E-state index contributed by atoms with van der Waals surface area (Å²) >= 11 is 0. The van der Waals surface area contributed by atoms with Crippen molar-refractivity contribution in [3.8, 4) is 11.5 Å². The number of benzene rings is 1. The molecule has 0 heterocycles. The molecule has 0 aromatic heterocycles. The number of nitrogens with one attached hydrogen (secondary N) is 2. The number of carboxylic acids is 1. The van der Waals surface area contributed by atoms with E-state index in [1.165, 1.54) is 14.2 Å². The lowest BCUT2D eigenvalue weighted by molar-refractivity contribution is -0.141. The van der Waals surface area contributed by atoms with Crippen molar-refractivity contribution in [1.29, 1.82) is 0 Å². The van der Waals surface area contributed by atoms with Crippen LogP contribution in [0.1, 0.15) is 12.8 Å². The van der Waals surface area contributed by atoms with E-state index in [2.05, 4.69) is 10.6 Å². The van der Waals surface area contributed by atoms with Gasteiger partial charge in [0.25, 0.3) is 0 Å². The Morgan fingerprint density at radius 1 is 1.26 bits per heavy atom. The number of ether oxygens (including phenoxy) is 2. The first-order valence-electron chi connectivity index (χ1n) is 7.10. The Bertz CT molecular complexity index is 535. The first-order chi connectivity index (χ1) is 11.0. The topological polar surface area (TPSA) is 117 Å². The van der Waals surface area contributed by atoms with Gasteiger partial charge in [-0.2, -0.15) is 0 Å². The normalized spacial score (nSPS) is 11.6. The summed E-state index contributed by atoms with van der Waals surface area (Å²) in [5.41, 5.74) is 0.429. The van der Waals surface area contributed by atoms with Crippen LogP contribution in [0.15, 0.2) is 18.2 Å². The molecule has 23 heavy (non-hydrogen) atoms. The molecule has 0 aliphatic carbocycles. The van der Waals surface area contributed by atoms with Crippen molar-refractivity contribution in [3.63, 3.8) is 0 Å². The molecule has 1 atom stereocenters. The van der Waals surface area contributed by atoms with E-state index < -0.39 is 17.9 Å². The molecule has 1 aromatic rings. The van der Waals surface area contributed by atoms with E-state index in [1.807, 2.05) is 0 Å². The molecule has 0 saturated carbocycles. The van der Waals surface area contributed by atoms with Gasteiger partial charge in [-0.1, -0.05) is 0 Å². The van der Waals surface area contributed by atoms with Gasteiger partial charge in [-0.15, -0.1) is 0 Å². The average Bonchev–Trinajstić information content (AvgIpc) is 2.54. The third-order valence-corrected chi connectivity index (χ3v) is 3.10. The van der Waals surface area contributed by atoms with Gasteiger partial charge in [-0.05, 0) is 25.1 Å². The Morgan fingerprint density at radius 2 is 2.00 bits per heavy atom. The molecule has 8 nitrogen and oxygen atoms in total. The van der Waals surface area contributed by atoms with Gasteiger partial charge in [0.05, 0.1) is 26.3 Å². The Balaban J connectivity index is 2.68. The maximum Gasteiger partial charge on any atom is 0.321 e. The van der Waals surface area contributed by atoms with E-state index in [1.54, 1.807) is 18.2 Å². The van der Waals surface area contributed by atoms with Crippen molar-refractivity contribution in [2.24, 2.45) is 0 Å². The fourth-order valence-corrected chi connectivity index (χ4v) is 1.89. The summed E-state index contributed by atoms with van der Waals surface area (Å²) in [6.07, 6.45) is 0.174. The minimum Gasteiger partial charge on any atom is -0.497 e. The number of carbonyl (C=O) groups is 2. The number of anilines is 1. The van der Waals surface area contributed by atoms with E-state index in [9.17, 15) is 9.59 Å². The zero-order valence-corrected chi connectivity index (χ0v) is 13.2. The van der Waals surface area contributed by atoms with Crippen LogP contribution in [-0.4, -0.2) is 55.5 Å². The molecule has 0 spiro atoms. The molecule has 0 radical (unpaired) electrons. The molecule has 0 saturated heterocycles. The Hall–Kier alpha value is -2.32. The molecule has 1 amide bonds. The summed E-state index contributed by atoms with van der Waals surface area (Å²) in [5.74, 6) is -0.594. The van der Waals surface area contributed by atoms with E-state index >= 15 is 0 Å². The second kappa shape index (κ2) is 9.65. The number of amides is 1. The summed E-state index contributed by atoms with van der Waals surface area (Å²) in [4.78, 5) is 23.2. The number of rotatable bonds is 10. The lowest BCUT2D eigenvalue weighted by atomic mass is 10.2. The third kappa shape index (κ3) is 6.13.